The van der Waals surface area contributed by atoms with E-state index in [1.807, 2.05) is 24.3 Å². The molecule has 4 N–H and O–H groups in total. The van der Waals surface area contributed by atoms with Crippen molar-refractivity contribution >= 4 is 11.7 Å². The fourth-order valence-corrected chi connectivity index (χ4v) is 2.79. The molecular weight excluding hydrogens is 254 g/mol. The van der Waals surface area contributed by atoms with Crippen LogP contribution < -0.4 is 16.4 Å². The number of hydrogen-bond acceptors (Lipinski definition) is 3. The number of nitrogen functional groups attached to an aromatic ring is 1. The smallest absolute Gasteiger partial charge is 0.315 e. The summed E-state index contributed by atoms with van der Waals surface area (Å²) < 4.78 is 4.93. The van der Waals surface area contributed by atoms with E-state index in [0.29, 0.717) is 13.2 Å². The maximum absolute atomic E-state index is 12.0. The first-order chi connectivity index (χ1) is 9.66. The van der Waals surface area contributed by atoms with Crippen LogP contribution in [0.2, 0.25) is 0 Å². The van der Waals surface area contributed by atoms with Crippen molar-refractivity contribution in [1.82, 2.24) is 10.6 Å². The van der Waals surface area contributed by atoms with Gasteiger partial charge in [0.2, 0.25) is 0 Å². The highest BCUT2D eigenvalue weighted by atomic mass is 16.5. The second kappa shape index (κ2) is 6.61. The van der Waals surface area contributed by atoms with Crippen LogP contribution in [0.1, 0.15) is 31.2 Å². The molecule has 1 aliphatic rings. The summed E-state index contributed by atoms with van der Waals surface area (Å²) in [5.41, 5.74) is 7.35. The fourth-order valence-electron chi connectivity index (χ4n) is 2.79. The molecule has 0 bridgehead atoms. The number of anilines is 1. The highest BCUT2D eigenvalue weighted by Crippen LogP contribution is 2.38. The molecule has 1 aromatic carbocycles. The molecule has 0 spiro atoms. The van der Waals surface area contributed by atoms with Gasteiger partial charge >= 0.3 is 6.03 Å². The first-order valence-electron chi connectivity index (χ1n) is 7.07. The largest absolute Gasteiger partial charge is 0.399 e. The molecule has 2 rings (SSSR count). The summed E-state index contributed by atoms with van der Waals surface area (Å²) in [4.78, 5) is 12.0. The van der Waals surface area contributed by atoms with E-state index >= 15 is 0 Å². The summed E-state index contributed by atoms with van der Waals surface area (Å²) in [6, 6.07) is 7.66. The van der Waals surface area contributed by atoms with E-state index in [-0.39, 0.29) is 11.6 Å². The van der Waals surface area contributed by atoms with E-state index in [0.717, 1.165) is 36.9 Å². The molecule has 110 valence electrons. The van der Waals surface area contributed by atoms with Gasteiger partial charge in [-0.15, -0.1) is 0 Å². The third-order valence-corrected chi connectivity index (χ3v) is 3.86. The maximum atomic E-state index is 12.0. The fraction of sp³-hybridized carbons (Fsp3) is 0.533. The minimum absolute atomic E-state index is 0.138. The van der Waals surface area contributed by atoms with Crippen LogP contribution in [-0.4, -0.2) is 26.3 Å². The van der Waals surface area contributed by atoms with Crippen LogP contribution >= 0.6 is 0 Å². The molecule has 20 heavy (non-hydrogen) atoms. The van der Waals surface area contributed by atoms with Crippen LogP contribution in [0.15, 0.2) is 24.3 Å². The average Bonchev–Trinajstić information content (AvgIpc) is 2.89. The zero-order valence-corrected chi connectivity index (χ0v) is 11.9. The molecule has 1 fully saturated rings. The minimum Gasteiger partial charge on any atom is -0.399 e. The molecule has 1 saturated carbocycles. The number of ether oxygens (including phenoxy) is 1. The van der Waals surface area contributed by atoms with Gasteiger partial charge in [-0.25, -0.2) is 4.79 Å². The molecule has 0 aliphatic heterocycles. The van der Waals surface area contributed by atoms with Gasteiger partial charge in [-0.3, -0.25) is 0 Å². The number of methoxy groups -OCH3 is 1. The number of amides is 2. The van der Waals surface area contributed by atoms with Gasteiger partial charge in [-0.05, 0) is 30.5 Å². The van der Waals surface area contributed by atoms with Crippen LogP contribution in [0, 0.1) is 0 Å². The molecule has 0 atom stereocenters. The van der Waals surface area contributed by atoms with Crippen molar-refractivity contribution in [1.29, 1.82) is 0 Å². The summed E-state index contributed by atoms with van der Waals surface area (Å²) in [5, 5.41) is 5.96. The molecule has 5 nitrogen and oxygen atoms in total. The Bertz CT molecular complexity index is 439. The van der Waals surface area contributed by atoms with Crippen molar-refractivity contribution in [3.63, 3.8) is 0 Å². The van der Waals surface area contributed by atoms with E-state index in [4.69, 9.17) is 10.5 Å². The number of carbonyl (C=O) groups is 1. The number of urea groups is 1. The Morgan fingerprint density at radius 1 is 1.30 bits per heavy atom. The summed E-state index contributed by atoms with van der Waals surface area (Å²) >= 11 is 0. The van der Waals surface area contributed by atoms with Crippen molar-refractivity contribution in [2.24, 2.45) is 0 Å². The van der Waals surface area contributed by atoms with Crippen LogP contribution in [0.5, 0.6) is 0 Å². The number of rotatable bonds is 5. The van der Waals surface area contributed by atoms with Crippen molar-refractivity contribution in [3.05, 3.63) is 29.8 Å². The van der Waals surface area contributed by atoms with Gasteiger partial charge in [0.1, 0.15) is 0 Å². The third-order valence-electron chi connectivity index (χ3n) is 3.86. The number of nitrogens with two attached hydrogens (primary N) is 1. The molecule has 0 unspecified atom stereocenters. The molecule has 1 aromatic rings. The van der Waals surface area contributed by atoms with Gasteiger partial charge in [-0.2, -0.15) is 0 Å². The molecule has 0 aromatic heterocycles. The molecule has 0 radical (unpaired) electrons. The molecule has 5 heteroatoms. The average molecular weight is 277 g/mol. The maximum Gasteiger partial charge on any atom is 0.315 e. The second-order valence-corrected chi connectivity index (χ2v) is 5.28. The van der Waals surface area contributed by atoms with Crippen molar-refractivity contribution in [2.45, 2.75) is 31.2 Å². The predicted octanol–water partition coefficient (Wildman–Crippen LogP) is 1.98. The number of nitrogens with one attached hydrogen (secondary N) is 2. The van der Waals surface area contributed by atoms with Crippen LogP contribution in [0.3, 0.4) is 0 Å². The lowest BCUT2D eigenvalue weighted by atomic mass is 9.88. The number of benzene rings is 1. The van der Waals surface area contributed by atoms with E-state index in [9.17, 15) is 4.79 Å². The Labute approximate surface area is 119 Å². The highest BCUT2D eigenvalue weighted by Gasteiger charge is 2.36. The Morgan fingerprint density at radius 2 is 1.95 bits per heavy atom. The quantitative estimate of drug-likeness (QED) is 0.569. The summed E-state index contributed by atoms with van der Waals surface area (Å²) in [6.45, 7) is 1.03. The Kier molecular flexibility index (Phi) is 4.84. The zero-order chi connectivity index (χ0) is 14.4. The van der Waals surface area contributed by atoms with Gasteiger partial charge < -0.3 is 21.1 Å². The van der Waals surface area contributed by atoms with Gasteiger partial charge in [-0.1, -0.05) is 25.0 Å². The lowest BCUT2D eigenvalue weighted by molar-refractivity contribution is 0.192. The first-order valence-corrected chi connectivity index (χ1v) is 7.07. The normalized spacial score (nSPS) is 16.9. The number of carbonyl (C=O) groups excluding carboxylic acids is 1. The monoisotopic (exact) mass is 277 g/mol. The van der Waals surface area contributed by atoms with E-state index in [1.54, 1.807) is 7.11 Å². The summed E-state index contributed by atoms with van der Waals surface area (Å²) in [7, 11) is 1.62. The predicted molar refractivity (Wildman–Crippen MR) is 79.4 cm³/mol. The van der Waals surface area contributed by atoms with Gasteiger partial charge in [0.15, 0.2) is 0 Å². The topological polar surface area (TPSA) is 76.4 Å². The Balaban J connectivity index is 2.06. The number of hydrogen-bond donors (Lipinski definition) is 3. The third kappa shape index (κ3) is 3.42. The molecule has 0 saturated heterocycles. The van der Waals surface area contributed by atoms with Crippen molar-refractivity contribution in [3.8, 4) is 0 Å². The van der Waals surface area contributed by atoms with Crippen molar-refractivity contribution in [2.75, 3.05) is 26.0 Å². The summed E-state index contributed by atoms with van der Waals surface area (Å²) in [5.74, 6) is 0. The SMILES string of the molecule is COCCNC(=O)NC1(c2ccc(N)cc2)CCCC1. The van der Waals surface area contributed by atoms with Gasteiger partial charge in [0, 0.05) is 19.3 Å². The lowest BCUT2D eigenvalue weighted by Gasteiger charge is -2.31. The molecular formula is C15H23N3O2. The molecule has 2 amide bonds. The van der Waals surface area contributed by atoms with E-state index < -0.39 is 0 Å². The van der Waals surface area contributed by atoms with Crippen molar-refractivity contribution < 1.29 is 9.53 Å². The van der Waals surface area contributed by atoms with Gasteiger partial charge in [0.05, 0.1) is 12.1 Å². The zero-order valence-electron chi connectivity index (χ0n) is 11.9. The Hall–Kier alpha value is -1.75. The van der Waals surface area contributed by atoms with E-state index in [2.05, 4.69) is 10.6 Å². The van der Waals surface area contributed by atoms with E-state index in [1.165, 1.54) is 0 Å². The summed E-state index contributed by atoms with van der Waals surface area (Å²) in [6.07, 6.45) is 4.19. The van der Waals surface area contributed by atoms with Crippen LogP contribution in [0.25, 0.3) is 0 Å². The molecule has 0 heterocycles. The highest BCUT2D eigenvalue weighted by molar-refractivity contribution is 5.75. The first kappa shape index (κ1) is 14.7. The van der Waals surface area contributed by atoms with Gasteiger partial charge in [0.25, 0.3) is 0 Å². The Morgan fingerprint density at radius 3 is 2.55 bits per heavy atom. The second-order valence-electron chi connectivity index (χ2n) is 5.28. The standard InChI is InChI=1S/C15H23N3O2/c1-20-11-10-17-14(19)18-15(8-2-3-9-15)12-4-6-13(16)7-5-12/h4-7H,2-3,8-11,16H2,1H3,(H2,17,18,19). The van der Waals surface area contributed by atoms with Crippen LogP contribution in [0.4, 0.5) is 10.5 Å². The lowest BCUT2D eigenvalue weighted by Crippen LogP contribution is -2.49. The molecule has 1 aliphatic carbocycles. The minimum atomic E-state index is -0.259. The van der Waals surface area contributed by atoms with Crippen LogP contribution in [-0.2, 0) is 10.3 Å².